The van der Waals surface area contributed by atoms with E-state index in [9.17, 15) is 9.18 Å². The molecule has 0 aliphatic heterocycles. The first-order valence-corrected chi connectivity index (χ1v) is 6.69. The number of hydrogen-bond donors (Lipinski definition) is 0. The number of methoxy groups -OCH3 is 1. The van der Waals surface area contributed by atoms with Gasteiger partial charge in [-0.15, -0.1) is 0 Å². The zero-order valence-corrected chi connectivity index (χ0v) is 12.1. The van der Waals surface area contributed by atoms with Crippen molar-refractivity contribution in [1.29, 1.82) is 0 Å². The Labute approximate surface area is 124 Å². The Morgan fingerprint density at radius 1 is 1.14 bits per heavy atom. The molecule has 0 aromatic heterocycles. The molecule has 0 aliphatic carbocycles. The number of amides is 1. The maximum absolute atomic E-state index is 13.7. The smallest absolute Gasteiger partial charge is 0.256 e. The summed E-state index contributed by atoms with van der Waals surface area (Å²) in [6.45, 7) is 0.207. The van der Waals surface area contributed by atoms with Gasteiger partial charge in [-0.25, -0.2) is 4.39 Å². The Bertz CT molecular complexity index is 601. The quantitative estimate of drug-likeness (QED) is 0.845. The van der Waals surface area contributed by atoms with Crippen molar-refractivity contribution in [2.75, 3.05) is 14.2 Å². The van der Waals surface area contributed by atoms with E-state index in [0.29, 0.717) is 5.56 Å². The summed E-state index contributed by atoms with van der Waals surface area (Å²) >= 11 is 0. The molecule has 0 unspecified atom stereocenters. The monoisotopic (exact) mass is 287 g/mol. The highest BCUT2D eigenvalue weighted by atomic mass is 19.1. The van der Waals surface area contributed by atoms with E-state index < -0.39 is 6.10 Å². The molecule has 2 aromatic rings. The Balaban J connectivity index is 2.13. The van der Waals surface area contributed by atoms with Gasteiger partial charge in [0.1, 0.15) is 5.82 Å². The van der Waals surface area contributed by atoms with E-state index in [4.69, 9.17) is 4.74 Å². The minimum atomic E-state index is -0.678. The van der Waals surface area contributed by atoms with Crippen LogP contribution in [0.15, 0.2) is 54.6 Å². The van der Waals surface area contributed by atoms with Crippen molar-refractivity contribution in [2.45, 2.75) is 12.6 Å². The molecule has 1 amide bonds. The molecule has 0 saturated carbocycles. The second-order valence-corrected chi connectivity index (χ2v) is 4.81. The lowest BCUT2D eigenvalue weighted by molar-refractivity contribution is -0.141. The number of carbonyl (C=O) groups is 1. The Kier molecular flexibility index (Phi) is 5.06. The summed E-state index contributed by atoms with van der Waals surface area (Å²) in [5, 5.41) is 0. The van der Waals surface area contributed by atoms with Crippen LogP contribution in [0.4, 0.5) is 4.39 Å². The molecule has 0 radical (unpaired) electrons. The van der Waals surface area contributed by atoms with Gasteiger partial charge in [0.2, 0.25) is 0 Å². The van der Waals surface area contributed by atoms with Crippen LogP contribution < -0.4 is 0 Å². The van der Waals surface area contributed by atoms with Crippen molar-refractivity contribution in [3.8, 4) is 0 Å². The Hall–Kier alpha value is -2.20. The molecule has 0 heterocycles. The second kappa shape index (κ2) is 6.99. The second-order valence-electron chi connectivity index (χ2n) is 4.81. The lowest BCUT2D eigenvalue weighted by Gasteiger charge is -2.23. The average Bonchev–Trinajstić information content (AvgIpc) is 2.51. The van der Waals surface area contributed by atoms with Gasteiger partial charge < -0.3 is 9.64 Å². The number of rotatable bonds is 5. The summed E-state index contributed by atoms with van der Waals surface area (Å²) in [4.78, 5) is 13.9. The van der Waals surface area contributed by atoms with E-state index in [2.05, 4.69) is 0 Å². The first kappa shape index (κ1) is 15.2. The molecule has 0 saturated heterocycles. The van der Waals surface area contributed by atoms with Crippen LogP contribution in [0.1, 0.15) is 17.2 Å². The third-order valence-corrected chi connectivity index (χ3v) is 3.30. The largest absolute Gasteiger partial charge is 0.367 e. The molecule has 0 bridgehead atoms. The SMILES string of the molecule is CO[C@H](C(=O)N(C)Cc1ccccc1F)c1ccccc1. The van der Waals surface area contributed by atoms with Gasteiger partial charge in [-0.05, 0) is 11.6 Å². The molecular weight excluding hydrogens is 269 g/mol. The first-order valence-electron chi connectivity index (χ1n) is 6.69. The zero-order valence-electron chi connectivity index (χ0n) is 12.1. The minimum Gasteiger partial charge on any atom is -0.367 e. The van der Waals surface area contributed by atoms with Crippen LogP contribution in [0.3, 0.4) is 0 Å². The maximum Gasteiger partial charge on any atom is 0.256 e. The van der Waals surface area contributed by atoms with Gasteiger partial charge in [-0.2, -0.15) is 0 Å². The summed E-state index contributed by atoms with van der Waals surface area (Å²) in [6, 6.07) is 15.7. The average molecular weight is 287 g/mol. The molecule has 0 fully saturated rings. The van der Waals surface area contributed by atoms with Crippen LogP contribution in [0.5, 0.6) is 0 Å². The van der Waals surface area contributed by atoms with Crippen molar-refractivity contribution in [1.82, 2.24) is 4.90 Å². The Morgan fingerprint density at radius 2 is 1.76 bits per heavy atom. The normalized spacial score (nSPS) is 12.0. The standard InChI is InChI=1S/C17H18FNO2/c1-19(12-14-10-6-7-11-15(14)18)17(20)16(21-2)13-8-4-3-5-9-13/h3-11,16H,12H2,1-2H3/t16-/m0/s1. The topological polar surface area (TPSA) is 29.5 Å². The number of likely N-dealkylation sites (N-methyl/N-ethyl adjacent to an activating group) is 1. The molecule has 1 atom stereocenters. The number of carbonyl (C=O) groups excluding carboxylic acids is 1. The lowest BCUT2D eigenvalue weighted by atomic mass is 10.1. The van der Waals surface area contributed by atoms with Crippen LogP contribution in [0.25, 0.3) is 0 Å². The van der Waals surface area contributed by atoms with Crippen molar-refractivity contribution >= 4 is 5.91 Å². The molecule has 0 N–H and O–H groups in total. The predicted octanol–water partition coefficient (Wildman–Crippen LogP) is 3.17. The zero-order chi connectivity index (χ0) is 15.2. The fourth-order valence-electron chi connectivity index (χ4n) is 2.17. The summed E-state index contributed by atoms with van der Waals surface area (Å²) in [5.41, 5.74) is 1.27. The van der Waals surface area contributed by atoms with Gasteiger partial charge in [-0.3, -0.25) is 4.79 Å². The third-order valence-electron chi connectivity index (χ3n) is 3.30. The highest BCUT2D eigenvalue weighted by Gasteiger charge is 2.23. The number of ether oxygens (including phenoxy) is 1. The van der Waals surface area contributed by atoms with E-state index in [-0.39, 0.29) is 18.3 Å². The van der Waals surface area contributed by atoms with Crippen molar-refractivity contribution < 1.29 is 13.9 Å². The van der Waals surface area contributed by atoms with E-state index in [1.165, 1.54) is 18.1 Å². The summed E-state index contributed by atoms with van der Waals surface area (Å²) in [7, 11) is 3.14. The number of hydrogen-bond acceptors (Lipinski definition) is 2. The molecule has 21 heavy (non-hydrogen) atoms. The fraction of sp³-hybridized carbons (Fsp3) is 0.235. The molecule has 110 valence electrons. The molecule has 2 rings (SSSR count). The highest BCUT2D eigenvalue weighted by Crippen LogP contribution is 2.20. The fourth-order valence-corrected chi connectivity index (χ4v) is 2.17. The first-order chi connectivity index (χ1) is 10.1. The highest BCUT2D eigenvalue weighted by molar-refractivity contribution is 5.82. The lowest BCUT2D eigenvalue weighted by Crippen LogP contribution is -2.32. The van der Waals surface area contributed by atoms with E-state index in [0.717, 1.165) is 5.56 Å². The van der Waals surface area contributed by atoms with Crippen LogP contribution in [0.2, 0.25) is 0 Å². The molecule has 0 aliphatic rings. The van der Waals surface area contributed by atoms with Crippen LogP contribution in [0, 0.1) is 5.82 Å². The van der Waals surface area contributed by atoms with Gasteiger partial charge in [0.25, 0.3) is 5.91 Å². The molecule has 3 nitrogen and oxygen atoms in total. The molecule has 2 aromatic carbocycles. The van der Waals surface area contributed by atoms with Crippen LogP contribution in [-0.4, -0.2) is 25.0 Å². The molecular formula is C17H18FNO2. The van der Waals surface area contributed by atoms with Gasteiger partial charge in [0.05, 0.1) is 0 Å². The van der Waals surface area contributed by atoms with Gasteiger partial charge >= 0.3 is 0 Å². The van der Waals surface area contributed by atoms with E-state index >= 15 is 0 Å². The number of nitrogens with zero attached hydrogens (tertiary/aromatic N) is 1. The van der Waals surface area contributed by atoms with Gasteiger partial charge in [0, 0.05) is 26.3 Å². The van der Waals surface area contributed by atoms with Crippen molar-refractivity contribution in [3.05, 3.63) is 71.5 Å². The maximum atomic E-state index is 13.7. The minimum absolute atomic E-state index is 0.202. The number of benzene rings is 2. The third kappa shape index (κ3) is 3.67. The van der Waals surface area contributed by atoms with Crippen molar-refractivity contribution in [2.24, 2.45) is 0 Å². The Morgan fingerprint density at radius 3 is 2.38 bits per heavy atom. The summed E-state index contributed by atoms with van der Waals surface area (Å²) < 4.78 is 19.0. The number of halogens is 1. The van der Waals surface area contributed by atoms with Crippen LogP contribution >= 0.6 is 0 Å². The van der Waals surface area contributed by atoms with E-state index in [1.807, 2.05) is 30.3 Å². The van der Waals surface area contributed by atoms with E-state index in [1.54, 1.807) is 25.2 Å². The summed E-state index contributed by atoms with van der Waals surface area (Å²) in [6.07, 6.45) is -0.678. The molecule has 0 spiro atoms. The molecule has 4 heteroatoms. The van der Waals surface area contributed by atoms with Crippen molar-refractivity contribution in [3.63, 3.8) is 0 Å². The predicted molar refractivity (Wildman–Crippen MR) is 79.1 cm³/mol. The van der Waals surface area contributed by atoms with Crippen LogP contribution in [-0.2, 0) is 16.1 Å². The van der Waals surface area contributed by atoms with Gasteiger partial charge in [-0.1, -0.05) is 48.5 Å². The van der Waals surface area contributed by atoms with Gasteiger partial charge in [0.15, 0.2) is 6.10 Å². The summed E-state index contributed by atoms with van der Waals surface area (Å²) in [5.74, 6) is -0.516.